The molecule has 1 aromatic carbocycles. The van der Waals surface area contributed by atoms with Crippen molar-refractivity contribution in [3.05, 3.63) is 58.3 Å². The van der Waals surface area contributed by atoms with E-state index in [0.29, 0.717) is 6.42 Å². The maximum atomic E-state index is 12.9. The largest absolute Gasteiger partial charge is 0.466 e. The second-order valence-corrected chi connectivity index (χ2v) is 4.80. The first kappa shape index (κ1) is 13.8. The predicted octanol–water partition coefficient (Wildman–Crippen LogP) is 3.09. The number of nitrogens with one attached hydrogen (secondary N) is 1. The first-order chi connectivity index (χ1) is 9.02. The van der Waals surface area contributed by atoms with Crippen molar-refractivity contribution in [3.8, 4) is 0 Å². The lowest BCUT2D eigenvalue weighted by Crippen LogP contribution is -2.30. The molecule has 2 rings (SSSR count). The molecule has 19 heavy (non-hydrogen) atoms. The van der Waals surface area contributed by atoms with Crippen LogP contribution in [0, 0.1) is 26.6 Å². The number of furan rings is 1. The van der Waals surface area contributed by atoms with E-state index in [1.54, 1.807) is 12.1 Å². The quantitative estimate of drug-likeness (QED) is 0.657. The topological polar surface area (TPSA) is 51.2 Å². The van der Waals surface area contributed by atoms with Crippen molar-refractivity contribution in [1.29, 1.82) is 0 Å². The summed E-state index contributed by atoms with van der Waals surface area (Å²) in [6.07, 6.45) is 0.692. The maximum Gasteiger partial charge on any atom is 0.123 e. The molecule has 4 heteroatoms. The zero-order valence-electron chi connectivity index (χ0n) is 11.5. The maximum absolute atomic E-state index is 12.9. The molecule has 2 aromatic rings. The number of aryl methyl sites for hydroxylation is 2. The van der Waals surface area contributed by atoms with E-state index in [-0.39, 0.29) is 11.9 Å². The summed E-state index contributed by atoms with van der Waals surface area (Å²) in [5.74, 6) is 7.22. The standard InChI is InChI=1S/C15H19FN2O/c1-9-10(2)19-11(3)15(9)14(18-17)8-12-4-6-13(16)7-5-12/h4-7,14,18H,8,17H2,1-3H3. The first-order valence-electron chi connectivity index (χ1n) is 6.30. The highest BCUT2D eigenvalue weighted by molar-refractivity contribution is 5.35. The number of benzene rings is 1. The Labute approximate surface area is 112 Å². The summed E-state index contributed by atoms with van der Waals surface area (Å²) in [5, 5.41) is 0. The minimum Gasteiger partial charge on any atom is -0.466 e. The summed E-state index contributed by atoms with van der Waals surface area (Å²) in [5.41, 5.74) is 6.05. The monoisotopic (exact) mass is 262 g/mol. The van der Waals surface area contributed by atoms with Gasteiger partial charge in [0.2, 0.25) is 0 Å². The van der Waals surface area contributed by atoms with Crippen molar-refractivity contribution < 1.29 is 8.81 Å². The fourth-order valence-corrected chi connectivity index (χ4v) is 2.42. The van der Waals surface area contributed by atoms with Gasteiger partial charge >= 0.3 is 0 Å². The van der Waals surface area contributed by atoms with Crippen LogP contribution >= 0.6 is 0 Å². The highest BCUT2D eigenvalue weighted by Crippen LogP contribution is 2.28. The second kappa shape index (κ2) is 5.55. The minimum absolute atomic E-state index is 0.0390. The number of hydrogen-bond donors (Lipinski definition) is 2. The van der Waals surface area contributed by atoms with Crippen LogP contribution in [0.5, 0.6) is 0 Å². The average molecular weight is 262 g/mol. The molecule has 0 spiro atoms. The van der Waals surface area contributed by atoms with Crippen molar-refractivity contribution in [3.63, 3.8) is 0 Å². The van der Waals surface area contributed by atoms with Gasteiger partial charge in [0.15, 0.2) is 0 Å². The summed E-state index contributed by atoms with van der Waals surface area (Å²) in [6.45, 7) is 5.90. The molecule has 102 valence electrons. The Balaban J connectivity index is 2.27. The molecule has 1 aromatic heterocycles. The van der Waals surface area contributed by atoms with Crippen LogP contribution in [-0.4, -0.2) is 0 Å². The highest BCUT2D eigenvalue weighted by atomic mass is 19.1. The molecule has 0 saturated carbocycles. The zero-order chi connectivity index (χ0) is 14.0. The predicted molar refractivity (Wildman–Crippen MR) is 73.1 cm³/mol. The van der Waals surface area contributed by atoms with Crippen molar-refractivity contribution in [2.45, 2.75) is 33.2 Å². The second-order valence-electron chi connectivity index (χ2n) is 4.80. The Morgan fingerprint density at radius 2 is 1.79 bits per heavy atom. The minimum atomic E-state index is -0.229. The number of halogens is 1. The van der Waals surface area contributed by atoms with E-state index in [1.807, 2.05) is 20.8 Å². The van der Waals surface area contributed by atoms with E-state index in [0.717, 1.165) is 28.2 Å². The van der Waals surface area contributed by atoms with Gasteiger partial charge in [0, 0.05) is 5.56 Å². The van der Waals surface area contributed by atoms with Gasteiger partial charge in [-0.3, -0.25) is 11.3 Å². The van der Waals surface area contributed by atoms with E-state index in [9.17, 15) is 4.39 Å². The van der Waals surface area contributed by atoms with Crippen molar-refractivity contribution >= 4 is 0 Å². The molecule has 0 amide bonds. The van der Waals surface area contributed by atoms with Crippen molar-refractivity contribution in [1.82, 2.24) is 5.43 Å². The molecule has 0 aliphatic rings. The van der Waals surface area contributed by atoms with Gasteiger partial charge in [-0.05, 0) is 50.5 Å². The van der Waals surface area contributed by atoms with Crippen LogP contribution in [-0.2, 0) is 6.42 Å². The van der Waals surface area contributed by atoms with Crippen LogP contribution in [0.25, 0.3) is 0 Å². The summed E-state index contributed by atoms with van der Waals surface area (Å²) in [4.78, 5) is 0. The van der Waals surface area contributed by atoms with E-state index in [2.05, 4.69) is 5.43 Å². The van der Waals surface area contributed by atoms with Crippen LogP contribution < -0.4 is 11.3 Å². The van der Waals surface area contributed by atoms with E-state index >= 15 is 0 Å². The number of nitrogens with two attached hydrogens (primary N) is 1. The Kier molecular flexibility index (Phi) is 4.02. The van der Waals surface area contributed by atoms with Crippen LogP contribution in [0.4, 0.5) is 4.39 Å². The van der Waals surface area contributed by atoms with Gasteiger partial charge < -0.3 is 4.42 Å². The molecule has 3 nitrogen and oxygen atoms in total. The Hall–Kier alpha value is -1.65. The van der Waals surface area contributed by atoms with E-state index in [1.165, 1.54) is 12.1 Å². The van der Waals surface area contributed by atoms with Crippen molar-refractivity contribution in [2.24, 2.45) is 5.84 Å². The third kappa shape index (κ3) is 2.85. The molecule has 0 aliphatic heterocycles. The third-order valence-corrected chi connectivity index (χ3v) is 3.52. The Bertz CT molecular complexity index is 560. The molecule has 0 aliphatic carbocycles. The van der Waals surface area contributed by atoms with Crippen molar-refractivity contribution in [2.75, 3.05) is 0 Å². The summed E-state index contributed by atoms with van der Waals surface area (Å²) in [6, 6.07) is 6.43. The van der Waals surface area contributed by atoms with Gasteiger partial charge in [0.05, 0.1) is 6.04 Å². The lowest BCUT2D eigenvalue weighted by Gasteiger charge is -2.16. The number of hydrazine groups is 1. The first-order valence-corrected chi connectivity index (χ1v) is 6.30. The molecule has 1 unspecified atom stereocenters. The van der Waals surface area contributed by atoms with E-state index < -0.39 is 0 Å². The lowest BCUT2D eigenvalue weighted by molar-refractivity contribution is 0.484. The molecular formula is C15H19FN2O. The van der Waals surface area contributed by atoms with Gasteiger partial charge in [-0.15, -0.1) is 0 Å². The van der Waals surface area contributed by atoms with Gasteiger partial charge in [-0.2, -0.15) is 0 Å². The van der Waals surface area contributed by atoms with E-state index in [4.69, 9.17) is 10.3 Å². The normalized spacial score (nSPS) is 12.7. The van der Waals surface area contributed by atoms with Crippen LogP contribution in [0.1, 0.15) is 34.3 Å². The molecule has 3 N–H and O–H groups in total. The molecule has 0 fully saturated rings. The zero-order valence-corrected chi connectivity index (χ0v) is 11.5. The summed E-state index contributed by atoms with van der Waals surface area (Å²) < 4.78 is 18.5. The molecular weight excluding hydrogens is 243 g/mol. The average Bonchev–Trinajstić information content (AvgIpc) is 2.63. The van der Waals surface area contributed by atoms with Gasteiger partial charge in [0.1, 0.15) is 17.3 Å². The molecule has 1 heterocycles. The number of rotatable bonds is 4. The SMILES string of the molecule is Cc1oc(C)c(C(Cc2ccc(F)cc2)NN)c1C. The third-order valence-electron chi connectivity index (χ3n) is 3.52. The fraction of sp³-hybridized carbons (Fsp3) is 0.333. The summed E-state index contributed by atoms with van der Waals surface area (Å²) >= 11 is 0. The molecule has 1 atom stereocenters. The Morgan fingerprint density at radius 3 is 2.26 bits per heavy atom. The Morgan fingerprint density at radius 1 is 1.16 bits per heavy atom. The van der Waals surface area contributed by atoms with Crippen LogP contribution in [0.15, 0.2) is 28.7 Å². The van der Waals surface area contributed by atoms with Crippen LogP contribution in [0.2, 0.25) is 0 Å². The number of hydrogen-bond acceptors (Lipinski definition) is 3. The molecule has 0 radical (unpaired) electrons. The van der Waals surface area contributed by atoms with Gasteiger partial charge in [0.25, 0.3) is 0 Å². The van der Waals surface area contributed by atoms with Gasteiger partial charge in [-0.1, -0.05) is 12.1 Å². The lowest BCUT2D eigenvalue weighted by atomic mass is 9.96. The fourth-order valence-electron chi connectivity index (χ4n) is 2.42. The van der Waals surface area contributed by atoms with Gasteiger partial charge in [-0.25, -0.2) is 4.39 Å². The molecule has 0 bridgehead atoms. The van der Waals surface area contributed by atoms with Crippen LogP contribution in [0.3, 0.4) is 0 Å². The highest BCUT2D eigenvalue weighted by Gasteiger charge is 2.20. The smallest absolute Gasteiger partial charge is 0.123 e. The summed E-state index contributed by atoms with van der Waals surface area (Å²) in [7, 11) is 0. The molecule has 0 saturated heterocycles.